The number of rotatable bonds is 25. The summed E-state index contributed by atoms with van der Waals surface area (Å²) in [5, 5.41) is 13.9. The molecule has 1 aromatic heterocycles. The Balaban J connectivity index is 2.40. The van der Waals surface area contributed by atoms with E-state index in [1.54, 1.807) is 34.6 Å². The van der Waals surface area contributed by atoms with Crippen LogP contribution in [0.25, 0.3) is 0 Å². The van der Waals surface area contributed by atoms with Gasteiger partial charge < -0.3 is 40.2 Å². The number of hydrogen-bond donors (Lipinski definition) is 6. The number of ether oxygens (including phenoxy) is 4. The average molecular weight is 836 g/mol. The van der Waals surface area contributed by atoms with Gasteiger partial charge in [0.1, 0.15) is 24.4 Å². The predicted molar refractivity (Wildman–Crippen MR) is 227 cm³/mol. The first kappa shape index (κ1) is 52.3. The number of nitrogens with zero attached hydrogens (tertiary/aromatic N) is 1. The molecule has 59 heavy (non-hydrogen) atoms. The molecule has 0 saturated carbocycles. The molecule has 6 N–H and O–H groups in total. The molecule has 0 aromatic carbocycles. The molecule has 336 valence electrons. The van der Waals surface area contributed by atoms with Crippen LogP contribution in [-0.2, 0) is 28.5 Å². The Bertz CT molecular complexity index is 1620. The molecule has 0 spiro atoms. The number of aromatic nitrogens is 2. The molecule has 1 aromatic rings. The van der Waals surface area contributed by atoms with Crippen molar-refractivity contribution in [2.24, 2.45) is 22.7 Å². The summed E-state index contributed by atoms with van der Waals surface area (Å²) >= 11 is 0. The fraction of sp³-hybridized carbons (Fsp3) is 0.738. The molecule has 17 heteroatoms. The van der Waals surface area contributed by atoms with Crippen LogP contribution in [-0.4, -0.2) is 96.8 Å². The quantitative estimate of drug-likeness (QED) is 0.0284. The summed E-state index contributed by atoms with van der Waals surface area (Å²) in [6.07, 6.45) is 1.75. The maximum atomic E-state index is 13.2. The van der Waals surface area contributed by atoms with E-state index in [4.69, 9.17) is 18.9 Å². The molecule has 0 saturated heterocycles. The SMILES string of the molecule is C=C(C)C(=O)OCCOC(=O)NCCC(C)(C)CC(C)CNC(=O)C(C)(C)OC(C)CC(C)(C)OC(=O)NCCC(C)(C)CC(C)CNC(=O)Nc1nc(C)cc(=O)[nH]1. The van der Waals surface area contributed by atoms with Gasteiger partial charge in [0.05, 0.1) is 6.10 Å². The van der Waals surface area contributed by atoms with Gasteiger partial charge in [-0.15, -0.1) is 0 Å². The van der Waals surface area contributed by atoms with Gasteiger partial charge in [-0.05, 0) is 96.8 Å². The van der Waals surface area contributed by atoms with E-state index in [1.807, 2.05) is 13.8 Å². The van der Waals surface area contributed by atoms with E-state index in [9.17, 15) is 28.8 Å². The van der Waals surface area contributed by atoms with Crippen LogP contribution in [0.1, 0.15) is 121 Å². The molecule has 0 aliphatic heterocycles. The Morgan fingerprint density at radius 1 is 0.780 bits per heavy atom. The van der Waals surface area contributed by atoms with Crippen LogP contribution >= 0.6 is 0 Å². The first-order valence-electron chi connectivity index (χ1n) is 20.4. The lowest BCUT2D eigenvalue weighted by Crippen LogP contribution is -2.48. The number of urea groups is 1. The van der Waals surface area contributed by atoms with E-state index >= 15 is 0 Å². The third kappa shape index (κ3) is 23.5. The fourth-order valence-corrected chi connectivity index (χ4v) is 6.84. The second-order valence-electron chi connectivity index (χ2n) is 18.4. The average Bonchev–Trinajstić information content (AvgIpc) is 3.06. The Morgan fingerprint density at radius 2 is 1.31 bits per heavy atom. The summed E-state index contributed by atoms with van der Waals surface area (Å²) in [5.74, 6) is -0.428. The minimum Gasteiger partial charge on any atom is -0.459 e. The van der Waals surface area contributed by atoms with E-state index in [-0.39, 0.29) is 58.9 Å². The number of anilines is 1. The molecular weight excluding hydrogens is 763 g/mol. The molecule has 1 heterocycles. The summed E-state index contributed by atoms with van der Waals surface area (Å²) in [7, 11) is 0. The molecule has 17 nitrogen and oxygen atoms in total. The Labute approximate surface area is 350 Å². The van der Waals surface area contributed by atoms with E-state index in [2.05, 4.69) is 77.7 Å². The van der Waals surface area contributed by atoms with Gasteiger partial charge in [0.2, 0.25) is 5.95 Å². The zero-order valence-electron chi connectivity index (χ0n) is 37.8. The number of H-pyrrole nitrogens is 1. The second kappa shape index (κ2) is 23.8. The summed E-state index contributed by atoms with van der Waals surface area (Å²) in [6, 6.07) is 0.874. The highest BCUT2D eigenvalue weighted by Gasteiger charge is 2.34. The maximum absolute atomic E-state index is 13.2. The van der Waals surface area contributed by atoms with Crippen LogP contribution in [0.4, 0.5) is 20.3 Å². The minimum atomic E-state index is -1.14. The summed E-state index contributed by atoms with van der Waals surface area (Å²) in [5.41, 5.74) is -1.87. The smallest absolute Gasteiger partial charge is 0.407 e. The molecule has 3 atom stereocenters. The normalized spacial score (nSPS) is 13.6. The Hall–Kier alpha value is -4.67. The van der Waals surface area contributed by atoms with Crippen LogP contribution in [0.3, 0.4) is 0 Å². The molecule has 0 fully saturated rings. The van der Waals surface area contributed by atoms with Gasteiger partial charge in [-0.2, -0.15) is 0 Å². The van der Waals surface area contributed by atoms with Gasteiger partial charge >= 0.3 is 24.2 Å². The van der Waals surface area contributed by atoms with Crippen LogP contribution in [0.15, 0.2) is 23.0 Å². The van der Waals surface area contributed by atoms with E-state index < -0.39 is 41.5 Å². The fourth-order valence-electron chi connectivity index (χ4n) is 6.84. The van der Waals surface area contributed by atoms with Crippen molar-refractivity contribution in [3.05, 3.63) is 34.3 Å². The number of carbonyl (C=O) groups is 5. The number of hydrogen-bond acceptors (Lipinski definition) is 11. The highest BCUT2D eigenvalue weighted by atomic mass is 16.6. The first-order chi connectivity index (χ1) is 27.1. The number of aromatic amines is 1. The third-order valence-electron chi connectivity index (χ3n) is 9.36. The zero-order chi connectivity index (χ0) is 45.2. The summed E-state index contributed by atoms with van der Waals surface area (Å²) in [6.45, 7) is 29.6. The van der Waals surface area contributed by atoms with Gasteiger partial charge in [-0.25, -0.2) is 24.2 Å². The first-order valence-corrected chi connectivity index (χ1v) is 20.4. The highest BCUT2D eigenvalue weighted by molar-refractivity contribution is 5.87. The van der Waals surface area contributed by atoms with E-state index in [0.29, 0.717) is 51.1 Å². The standard InChI is InChI=1S/C42H73N7O10/c1-27(2)33(51)56-19-20-57-37(54)43-17-15-39(7,8)22-28(3)25-45-34(52)42(13,14)58-31(6)24-41(11,12)59-38(55)44-18-16-40(9,10)23-29(4)26-46-36(53)49-35-47-30(5)21-32(50)48-35/h21,28-29,31H,1,15-20,22-26H2,2-14H3,(H,43,54)(H,44,55)(H,45,52)(H3,46,47,48,49,50,53). The second-order valence-corrected chi connectivity index (χ2v) is 18.4. The number of amides is 5. The number of alkyl carbamates (subject to hydrolysis) is 2. The molecule has 0 radical (unpaired) electrons. The minimum absolute atomic E-state index is 0.0469. The number of carbonyl (C=O) groups excluding carboxylic acids is 5. The molecule has 0 aliphatic carbocycles. The summed E-state index contributed by atoms with van der Waals surface area (Å²) in [4.78, 5) is 79.8. The molecule has 5 amide bonds. The largest absolute Gasteiger partial charge is 0.459 e. The molecular formula is C42H73N7O10. The Kier molecular flexibility index (Phi) is 21.1. The van der Waals surface area contributed by atoms with Crippen molar-refractivity contribution in [2.45, 2.75) is 139 Å². The van der Waals surface area contributed by atoms with Gasteiger partial charge in [0, 0.05) is 49.9 Å². The lowest BCUT2D eigenvalue weighted by molar-refractivity contribution is -0.152. The van der Waals surface area contributed by atoms with Crippen molar-refractivity contribution in [2.75, 3.05) is 44.7 Å². The number of nitrogens with one attached hydrogen (secondary N) is 6. The molecule has 0 bridgehead atoms. The Morgan fingerprint density at radius 3 is 1.85 bits per heavy atom. The van der Waals surface area contributed by atoms with Gasteiger partial charge in [-0.3, -0.25) is 19.9 Å². The molecule has 3 unspecified atom stereocenters. The third-order valence-corrected chi connectivity index (χ3v) is 9.36. The van der Waals surface area contributed by atoms with Crippen molar-refractivity contribution in [3.8, 4) is 0 Å². The molecule has 0 aliphatic rings. The monoisotopic (exact) mass is 836 g/mol. The highest BCUT2D eigenvalue weighted by Crippen LogP contribution is 2.30. The number of aryl methyl sites for hydroxylation is 1. The van der Waals surface area contributed by atoms with Crippen molar-refractivity contribution in [1.82, 2.24) is 31.2 Å². The van der Waals surface area contributed by atoms with Crippen LogP contribution < -0.4 is 32.1 Å². The van der Waals surface area contributed by atoms with Gasteiger partial charge in [-0.1, -0.05) is 48.1 Å². The van der Waals surface area contributed by atoms with Gasteiger partial charge in [0.15, 0.2) is 0 Å². The zero-order valence-corrected chi connectivity index (χ0v) is 37.8. The van der Waals surface area contributed by atoms with Crippen LogP contribution in [0, 0.1) is 29.6 Å². The van der Waals surface area contributed by atoms with Crippen molar-refractivity contribution < 1.29 is 42.9 Å². The van der Waals surface area contributed by atoms with E-state index in [0.717, 1.165) is 12.8 Å². The number of esters is 1. The lowest BCUT2D eigenvalue weighted by atomic mass is 9.80. The predicted octanol–water partition coefficient (Wildman–Crippen LogP) is 6.13. The topological polar surface area (TPSA) is 228 Å². The van der Waals surface area contributed by atoms with Crippen LogP contribution in [0.5, 0.6) is 0 Å². The molecule has 1 rings (SSSR count). The summed E-state index contributed by atoms with van der Waals surface area (Å²) < 4.78 is 21.9. The lowest BCUT2D eigenvalue weighted by Gasteiger charge is -2.33. The van der Waals surface area contributed by atoms with Crippen molar-refractivity contribution >= 4 is 36.0 Å². The van der Waals surface area contributed by atoms with Crippen LogP contribution in [0.2, 0.25) is 0 Å². The van der Waals surface area contributed by atoms with E-state index in [1.165, 1.54) is 13.0 Å². The van der Waals surface area contributed by atoms with Crippen molar-refractivity contribution in [1.29, 1.82) is 0 Å². The maximum Gasteiger partial charge on any atom is 0.407 e. The van der Waals surface area contributed by atoms with Crippen molar-refractivity contribution in [3.63, 3.8) is 0 Å². The van der Waals surface area contributed by atoms with Gasteiger partial charge in [0.25, 0.3) is 11.5 Å².